The Kier molecular flexibility index (Phi) is 6.67. The van der Waals surface area contributed by atoms with Crippen LogP contribution < -0.4 is 15.4 Å². The molecule has 3 amide bonds. The van der Waals surface area contributed by atoms with Crippen molar-refractivity contribution < 1.29 is 19.2 Å². The van der Waals surface area contributed by atoms with Crippen molar-refractivity contribution in [2.24, 2.45) is 0 Å². The van der Waals surface area contributed by atoms with Gasteiger partial charge in [0.1, 0.15) is 11.9 Å². The van der Waals surface area contributed by atoms with E-state index in [0.717, 1.165) is 25.7 Å². The number of non-ortho nitro benzene ring substituents is 1. The molecule has 0 bridgehead atoms. The first-order chi connectivity index (χ1) is 13.5. The number of carbonyl (C=O) groups excluding carboxylic acids is 2. The van der Waals surface area contributed by atoms with Crippen molar-refractivity contribution in [2.75, 3.05) is 19.6 Å². The molecule has 0 spiro atoms. The summed E-state index contributed by atoms with van der Waals surface area (Å²) < 4.78 is 5.70. The lowest BCUT2D eigenvalue weighted by Crippen LogP contribution is -2.56. The molecule has 1 aliphatic heterocycles. The van der Waals surface area contributed by atoms with E-state index in [0.29, 0.717) is 25.4 Å². The first-order valence-electron chi connectivity index (χ1n) is 9.74. The summed E-state index contributed by atoms with van der Waals surface area (Å²) in [6.07, 6.45) is 5.73. The molecule has 152 valence electrons. The van der Waals surface area contributed by atoms with Gasteiger partial charge in [-0.2, -0.15) is 0 Å². The van der Waals surface area contributed by atoms with Gasteiger partial charge in [0.25, 0.3) is 5.69 Å². The third kappa shape index (κ3) is 5.58. The highest BCUT2D eigenvalue weighted by Crippen LogP contribution is 2.21. The average molecular weight is 390 g/mol. The van der Waals surface area contributed by atoms with Crippen molar-refractivity contribution in [3.63, 3.8) is 0 Å². The lowest BCUT2D eigenvalue weighted by molar-refractivity contribution is -0.384. The molecule has 2 N–H and O–H groups in total. The number of hydrogen-bond acceptors (Lipinski definition) is 5. The normalized spacial score (nSPS) is 17.5. The minimum atomic E-state index is -0.461. The fourth-order valence-corrected chi connectivity index (χ4v) is 3.48. The van der Waals surface area contributed by atoms with Gasteiger partial charge < -0.3 is 20.3 Å². The molecular weight excluding hydrogens is 364 g/mol. The number of nitrogens with one attached hydrogen (secondary N) is 2. The SMILES string of the molecule is O=C(NCCC(=O)N1CC(Oc2ccc([N+](=O)[O-])cc2)C1)NC1CCCCC1. The molecule has 1 saturated heterocycles. The molecule has 9 heteroatoms. The van der Waals surface area contributed by atoms with E-state index in [1.54, 1.807) is 17.0 Å². The highest BCUT2D eigenvalue weighted by atomic mass is 16.6. The number of hydrogen-bond donors (Lipinski definition) is 2. The maximum Gasteiger partial charge on any atom is 0.315 e. The zero-order valence-electron chi connectivity index (χ0n) is 15.8. The second-order valence-electron chi connectivity index (χ2n) is 7.27. The zero-order chi connectivity index (χ0) is 19.9. The van der Waals surface area contributed by atoms with Gasteiger partial charge in [0.05, 0.1) is 18.0 Å². The largest absolute Gasteiger partial charge is 0.487 e. The van der Waals surface area contributed by atoms with Gasteiger partial charge in [0, 0.05) is 31.1 Å². The molecule has 2 aliphatic rings. The summed E-state index contributed by atoms with van der Waals surface area (Å²) in [5.74, 6) is 0.519. The van der Waals surface area contributed by atoms with Crippen LogP contribution >= 0.6 is 0 Å². The summed E-state index contributed by atoms with van der Waals surface area (Å²) in [5, 5.41) is 16.3. The van der Waals surface area contributed by atoms with Crippen LogP contribution in [-0.4, -0.2) is 53.5 Å². The average Bonchev–Trinajstić information content (AvgIpc) is 2.65. The third-order valence-corrected chi connectivity index (χ3v) is 5.12. The highest BCUT2D eigenvalue weighted by molar-refractivity contribution is 5.79. The fraction of sp³-hybridized carbons (Fsp3) is 0.579. The van der Waals surface area contributed by atoms with Crippen molar-refractivity contribution in [3.8, 4) is 5.75 Å². The van der Waals surface area contributed by atoms with Crippen LogP contribution in [0.4, 0.5) is 10.5 Å². The van der Waals surface area contributed by atoms with Crippen LogP contribution in [0.15, 0.2) is 24.3 Å². The Labute approximate surface area is 163 Å². The number of nitrogens with zero attached hydrogens (tertiary/aromatic N) is 2. The number of likely N-dealkylation sites (tertiary alicyclic amines) is 1. The topological polar surface area (TPSA) is 114 Å². The number of carbonyl (C=O) groups is 2. The number of rotatable bonds is 7. The van der Waals surface area contributed by atoms with Crippen molar-refractivity contribution in [3.05, 3.63) is 34.4 Å². The van der Waals surface area contributed by atoms with Gasteiger partial charge in [-0.25, -0.2) is 4.79 Å². The van der Waals surface area contributed by atoms with Gasteiger partial charge in [-0.05, 0) is 25.0 Å². The van der Waals surface area contributed by atoms with E-state index in [1.807, 2.05) is 0 Å². The van der Waals surface area contributed by atoms with Gasteiger partial charge >= 0.3 is 6.03 Å². The Balaban J connectivity index is 1.29. The van der Waals surface area contributed by atoms with Gasteiger partial charge in [-0.1, -0.05) is 19.3 Å². The molecule has 1 heterocycles. The van der Waals surface area contributed by atoms with Gasteiger partial charge in [-0.15, -0.1) is 0 Å². The van der Waals surface area contributed by atoms with E-state index in [-0.39, 0.29) is 36.2 Å². The maximum atomic E-state index is 12.1. The van der Waals surface area contributed by atoms with E-state index in [9.17, 15) is 19.7 Å². The smallest absolute Gasteiger partial charge is 0.315 e. The van der Waals surface area contributed by atoms with Crippen molar-refractivity contribution in [2.45, 2.75) is 50.7 Å². The first-order valence-corrected chi connectivity index (χ1v) is 9.74. The van der Waals surface area contributed by atoms with Crippen LogP contribution in [-0.2, 0) is 4.79 Å². The number of amides is 3. The Morgan fingerprint density at radius 1 is 1.14 bits per heavy atom. The molecule has 3 rings (SSSR count). The van der Waals surface area contributed by atoms with E-state index < -0.39 is 4.92 Å². The van der Waals surface area contributed by atoms with E-state index in [4.69, 9.17) is 4.74 Å². The lowest BCUT2D eigenvalue weighted by atomic mass is 9.96. The standard InChI is InChI=1S/C19H26N4O5/c24-18(10-11-20-19(25)21-14-4-2-1-3-5-14)22-12-17(13-22)28-16-8-6-15(7-9-16)23(26)27/h6-9,14,17H,1-5,10-13H2,(H2,20,21,25). The van der Waals surface area contributed by atoms with Crippen molar-refractivity contribution in [1.29, 1.82) is 0 Å². The van der Waals surface area contributed by atoms with Gasteiger partial charge in [-0.3, -0.25) is 14.9 Å². The molecule has 28 heavy (non-hydrogen) atoms. The Hall–Kier alpha value is -2.84. The van der Waals surface area contributed by atoms with Crippen LogP contribution in [0.2, 0.25) is 0 Å². The van der Waals surface area contributed by atoms with Gasteiger partial charge in [0.2, 0.25) is 5.91 Å². The fourth-order valence-electron chi connectivity index (χ4n) is 3.48. The second kappa shape index (κ2) is 9.38. The number of nitro benzene ring substituents is 1. The summed E-state index contributed by atoms with van der Waals surface area (Å²) in [6.45, 7) is 1.26. The molecule has 1 saturated carbocycles. The number of ether oxygens (including phenoxy) is 1. The van der Waals surface area contributed by atoms with Crippen molar-refractivity contribution >= 4 is 17.6 Å². The van der Waals surface area contributed by atoms with Crippen LogP contribution in [0.5, 0.6) is 5.75 Å². The number of urea groups is 1. The predicted molar refractivity (Wildman–Crippen MR) is 102 cm³/mol. The minimum absolute atomic E-state index is 0.0118. The van der Waals surface area contributed by atoms with Crippen molar-refractivity contribution in [1.82, 2.24) is 15.5 Å². The molecule has 0 aromatic heterocycles. The monoisotopic (exact) mass is 390 g/mol. The maximum absolute atomic E-state index is 12.1. The molecule has 1 aromatic rings. The molecule has 1 aliphatic carbocycles. The summed E-state index contributed by atoms with van der Waals surface area (Å²) in [4.78, 5) is 35.9. The lowest BCUT2D eigenvalue weighted by Gasteiger charge is -2.39. The first kappa shape index (κ1) is 19.9. The predicted octanol–water partition coefficient (Wildman–Crippen LogP) is 2.21. The summed E-state index contributed by atoms with van der Waals surface area (Å²) in [5.41, 5.74) is 0.0118. The molecule has 2 fully saturated rings. The summed E-state index contributed by atoms with van der Waals surface area (Å²) in [7, 11) is 0. The number of nitro groups is 1. The van der Waals surface area contributed by atoms with Gasteiger partial charge in [0.15, 0.2) is 0 Å². The molecule has 0 radical (unpaired) electrons. The van der Waals surface area contributed by atoms with E-state index in [1.165, 1.54) is 18.6 Å². The van der Waals surface area contributed by atoms with Crippen LogP contribution in [0.25, 0.3) is 0 Å². The molecule has 0 unspecified atom stereocenters. The Morgan fingerprint density at radius 3 is 2.46 bits per heavy atom. The van der Waals surface area contributed by atoms with E-state index >= 15 is 0 Å². The minimum Gasteiger partial charge on any atom is -0.487 e. The Morgan fingerprint density at radius 2 is 1.82 bits per heavy atom. The quantitative estimate of drug-likeness (QED) is 0.547. The zero-order valence-corrected chi connectivity index (χ0v) is 15.8. The van der Waals surface area contributed by atoms with Crippen LogP contribution in [0.3, 0.4) is 0 Å². The van der Waals surface area contributed by atoms with Crippen LogP contribution in [0.1, 0.15) is 38.5 Å². The van der Waals surface area contributed by atoms with Crippen LogP contribution in [0, 0.1) is 10.1 Å². The second-order valence-corrected chi connectivity index (χ2v) is 7.27. The molecule has 9 nitrogen and oxygen atoms in total. The summed E-state index contributed by atoms with van der Waals surface area (Å²) >= 11 is 0. The Bertz CT molecular complexity index is 697. The third-order valence-electron chi connectivity index (χ3n) is 5.12. The number of benzene rings is 1. The molecular formula is C19H26N4O5. The molecule has 1 aromatic carbocycles. The highest BCUT2D eigenvalue weighted by Gasteiger charge is 2.32. The van der Waals surface area contributed by atoms with E-state index in [2.05, 4.69) is 10.6 Å². The molecule has 0 atom stereocenters. The summed E-state index contributed by atoms with van der Waals surface area (Å²) in [6, 6.07) is 5.93.